The van der Waals surface area contributed by atoms with Crippen LogP contribution < -0.4 is 56.8 Å². The van der Waals surface area contributed by atoms with E-state index < -0.39 is 0 Å². The number of para-hydroxylation sites is 2. The largest absolute Gasteiger partial charge is 0.389 e. The Morgan fingerprint density at radius 1 is 0.174 bits per heavy atom. The lowest BCUT2D eigenvalue weighted by atomic mass is 9.45. The normalized spacial score (nSPS) is 15.7. The standard InChI is InChI=1S/8C16H12BN/c1-3-9-15-13(7-1)14-8-2-4-10-16(14)18-12-6-5-11-17(15)18;1-3-7-15-13(5-1)10-12-18-16-8-4-2-6-14(16)9-11-17(15)18;1-3-7-15-13(5-1)9-11-18-12-10-14-6-2-4-8-16(14)17(15)18;1-2-6-15-13(5-1)7-8-14-9-11-17-10-3-4-12-18(17)16(14)15;1-2-6-14-13(5-1)7-8-16-15(14)9-11-17-10-3-4-12-18(16)17;1-2-6-15-13(5-1)7-8-14-9-12-18-11-4-3-10-17(18)16(14)15;1-2-6-14-12-16-15(11-13(14)5-1)7-9-17-8-3-4-10-18(16)17;1-2-6-14-12-16-15(11-13(14)5-1)7-10-18-9-4-3-8-17(16)18/h8*1-12H. The van der Waals surface area contributed by atoms with Gasteiger partial charge in [0.05, 0.1) is 0 Å². The first-order valence-electron chi connectivity index (χ1n) is 50.1. The van der Waals surface area contributed by atoms with Crippen LogP contribution in [0.15, 0.2) is 528 Å². The smallest absolute Gasteiger partial charge is 0.328 e. The summed E-state index contributed by atoms with van der Waals surface area (Å²) >= 11 is 0. The van der Waals surface area contributed by atoms with Gasteiger partial charge in [0.1, 0.15) is 0 Å². The Morgan fingerprint density at radius 3 is 1.28 bits per heavy atom. The fourth-order valence-electron chi connectivity index (χ4n) is 22.5. The molecule has 16 aromatic carbocycles. The van der Waals surface area contributed by atoms with Crippen molar-refractivity contribution in [3.8, 4) is 11.1 Å². The maximum absolute atomic E-state index is 2.34. The molecule has 0 fully saturated rings. The highest BCUT2D eigenvalue weighted by Crippen LogP contribution is 2.42. The van der Waals surface area contributed by atoms with Gasteiger partial charge in [0.2, 0.25) is 0 Å². The fourth-order valence-corrected chi connectivity index (χ4v) is 22.5. The second-order valence-electron chi connectivity index (χ2n) is 37.8. The van der Waals surface area contributed by atoms with E-state index in [9.17, 15) is 0 Å². The van der Waals surface area contributed by atoms with Crippen LogP contribution in [-0.4, -0.2) is 69.2 Å². The molecule has 0 aliphatic carbocycles. The Hall–Kier alpha value is -17.7. The van der Waals surface area contributed by atoms with Gasteiger partial charge < -0.3 is 38.5 Å². The van der Waals surface area contributed by atoms with Gasteiger partial charge >= 0.3 is 54.8 Å². The predicted octanol–water partition coefficient (Wildman–Crippen LogP) is 25.4. The van der Waals surface area contributed by atoms with E-state index >= 15 is 0 Å². The van der Waals surface area contributed by atoms with E-state index in [1.807, 2.05) is 0 Å². The lowest BCUT2D eigenvalue weighted by Crippen LogP contribution is -2.56. The zero-order chi connectivity index (χ0) is 95.6. The summed E-state index contributed by atoms with van der Waals surface area (Å²) in [4.78, 5) is 18.5. The van der Waals surface area contributed by atoms with Gasteiger partial charge in [-0.3, -0.25) is 0 Å². The molecule has 16 aliphatic heterocycles. The Labute approximate surface area is 846 Å². The lowest BCUT2D eigenvalue weighted by molar-refractivity contribution is 0.797. The number of hydrogen-bond donors (Lipinski definition) is 0. The highest BCUT2D eigenvalue weighted by atomic mass is 15.1. The number of rotatable bonds is 0. The van der Waals surface area contributed by atoms with Gasteiger partial charge in [0, 0.05) is 45.0 Å². The molecule has 672 valence electrons. The van der Waals surface area contributed by atoms with Crippen LogP contribution in [-0.2, 0) is 0 Å². The first kappa shape index (κ1) is 87.8. The first-order chi connectivity index (χ1) is 71.4. The van der Waals surface area contributed by atoms with Crippen LogP contribution in [0.5, 0.6) is 0 Å². The van der Waals surface area contributed by atoms with Crippen molar-refractivity contribution in [3.63, 3.8) is 0 Å². The monoisotopic (exact) mass is 1830 g/mol. The first-order valence-corrected chi connectivity index (χ1v) is 50.1. The quantitative estimate of drug-likeness (QED) is 0.139. The molecule has 0 bridgehead atoms. The topological polar surface area (TPSA) is 25.9 Å². The third-order valence-electron chi connectivity index (χ3n) is 29.5. The third-order valence-corrected chi connectivity index (χ3v) is 29.5. The summed E-state index contributed by atoms with van der Waals surface area (Å²) in [6.45, 7) is 2.76. The molecule has 0 saturated heterocycles. The predicted molar refractivity (Wildman–Crippen MR) is 630 cm³/mol. The SMILES string of the molecule is C1=CB2C=Cc3c(ccc4ccccc34)N2C=C1.C1=CB2C=Cc3cc4ccccc4cc3N2C=C1.C1=CB2C=Cc3ccc4ccccc4c3N2C=C1.C1=CB2c3c(ccc4ccccc34)C=CN2C=C1.C1=CB2c3cc4ccccc4cc3C=CN2C=C1.C1=CB2c3ccccc3-c3ccccc3N2C=C1.C1=CN2C=Cc3ccccc3B2c2ccccc21.C1=Cc2ccccc2N2C=Cc3ccccc3B12. The Bertz CT molecular complexity index is 8060. The van der Waals surface area contributed by atoms with Gasteiger partial charge in [-0.05, 0) is 303 Å². The summed E-state index contributed by atoms with van der Waals surface area (Å²) in [6.07, 6.45) is 68.9. The Morgan fingerprint density at radius 2 is 0.590 bits per heavy atom. The number of hydrogen-bond acceptors (Lipinski definition) is 8. The van der Waals surface area contributed by atoms with Gasteiger partial charge in [0.15, 0.2) is 0 Å². The molecule has 16 heteroatoms. The number of benzene rings is 16. The van der Waals surface area contributed by atoms with E-state index in [0.717, 1.165) is 0 Å². The molecule has 16 aromatic rings. The average Bonchev–Trinajstić information content (AvgIpc) is 0.730. The van der Waals surface area contributed by atoms with Crippen molar-refractivity contribution < 1.29 is 0 Å². The van der Waals surface area contributed by atoms with Crippen LogP contribution in [0.3, 0.4) is 0 Å². The van der Waals surface area contributed by atoms with Gasteiger partial charge in [-0.1, -0.05) is 412 Å². The van der Waals surface area contributed by atoms with Crippen molar-refractivity contribution in [1.29, 1.82) is 0 Å². The van der Waals surface area contributed by atoms with Gasteiger partial charge in [-0.15, -0.1) is 0 Å². The molecule has 0 aromatic heterocycles. The number of anilines is 5. The van der Waals surface area contributed by atoms with Crippen LogP contribution in [0.4, 0.5) is 28.4 Å². The molecule has 0 atom stereocenters. The average molecular weight is 1830 g/mol. The molecule has 8 nitrogen and oxygen atoms in total. The molecule has 0 radical (unpaired) electrons. The van der Waals surface area contributed by atoms with Gasteiger partial charge in [-0.25, -0.2) is 0 Å². The summed E-state index contributed by atoms with van der Waals surface area (Å²) in [6, 6.07) is 117. The molecule has 0 saturated carbocycles. The van der Waals surface area contributed by atoms with Crippen molar-refractivity contribution in [1.82, 2.24) is 14.4 Å². The maximum Gasteiger partial charge on any atom is 0.328 e. The van der Waals surface area contributed by atoms with Crippen molar-refractivity contribution in [2.45, 2.75) is 0 Å². The number of fused-ring (bicyclic) bond motifs is 39. The van der Waals surface area contributed by atoms with Gasteiger partial charge in [0.25, 0.3) is 0 Å². The molecule has 0 spiro atoms. The van der Waals surface area contributed by atoms with E-state index in [1.165, 1.54) is 176 Å². The molecule has 16 aliphatic rings. The number of allylic oxidation sites excluding steroid dienone is 12. The molecular weight excluding hydrogens is 1740 g/mol. The van der Waals surface area contributed by atoms with Gasteiger partial charge in [-0.2, -0.15) is 0 Å². The molecule has 0 N–H and O–H groups in total. The van der Waals surface area contributed by atoms with E-state index in [2.05, 4.69) is 622 Å². The lowest BCUT2D eigenvalue weighted by Gasteiger charge is -2.35. The molecule has 32 rings (SSSR count). The highest BCUT2D eigenvalue weighted by molar-refractivity contribution is 6.86. The minimum absolute atomic E-state index is 0.326. The summed E-state index contributed by atoms with van der Waals surface area (Å²) in [7, 11) is 0. The van der Waals surface area contributed by atoms with Crippen LogP contribution in [0.25, 0.3) is 120 Å². The van der Waals surface area contributed by atoms with Crippen molar-refractivity contribution in [2.24, 2.45) is 0 Å². The molecule has 0 amide bonds. The van der Waals surface area contributed by atoms with Crippen molar-refractivity contribution >= 4 is 225 Å². The second-order valence-corrected chi connectivity index (χ2v) is 37.8. The summed E-state index contributed by atoms with van der Waals surface area (Å²) < 4.78 is 0. The van der Waals surface area contributed by atoms with E-state index in [0.29, 0.717) is 54.8 Å². The summed E-state index contributed by atoms with van der Waals surface area (Å²) in [5.41, 5.74) is 29.3. The maximum atomic E-state index is 2.34. The van der Waals surface area contributed by atoms with E-state index in [4.69, 9.17) is 0 Å². The minimum atomic E-state index is 0.326. The van der Waals surface area contributed by atoms with Crippen LogP contribution >= 0.6 is 0 Å². The third kappa shape index (κ3) is 17.0. The second kappa shape index (κ2) is 39.2. The Balaban J connectivity index is 0.0000000862. The minimum Gasteiger partial charge on any atom is -0.389 e. The summed E-state index contributed by atoms with van der Waals surface area (Å²) in [5, 5.41) is 13.1. The van der Waals surface area contributed by atoms with Crippen LogP contribution in [0, 0.1) is 0 Å². The zero-order valence-corrected chi connectivity index (χ0v) is 79.6. The fraction of sp³-hybridized carbons (Fsp3) is 0. The van der Waals surface area contributed by atoms with E-state index in [1.54, 1.807) is 0 Å². The molecule has 0 unspecified atom stereocenters. The van der Waals surface area contributed by atoms with Crippen molar-refractivity contribution in [3.05, 3.63) is 579 Å². The Kier molecular flexibility index (Phi) is 23.9. The van der Waals surface area contributed by atoms with Crippen molar-refractivity contribution in [2.75, 3.05) is 24.1 Å². The van der Waals surface area contributed by atoms with Crippen LogP contribution in [0.1, 0.15) is 50.1 Å². The zero-order valence-electron chi connectivity index (χ0n) is 79.6. The molecule has 144 heavy (non-hydrogen) atoms. The molecular formula is C128H96B8N8. The highest BCUT2D eigenvalue weighted by Gasteiger charge is 2.37. The summed E-state index contributed by atoms with van der Waals surface area (Å²) in [5.74, 6) is 22.5. The van der Waals surface area contributed by atoms with E-state index in [-0.39, 0.29) is 0 Å². The number of nitrogens with zero attached hydrogens (tertiary/aromatic N) is 8. The molecule has 16 heterocycles. The van der Waals surface area contributed by atoms with Crippen LogP contribution in [0.2, 0.25) is 0 Å².